The van der Waals surface area contributed by atoms with Gasteiger partial charge in [0.15, 0.2) is 0 Å². The van der Waals surface area contributed by atoms with E-state index in [9.17, 15) is 10.1 Å². The van der Waals surface area contributed by atoms with E-state index in [4.69, 9.17) is 10.4 Å². The van der Waals surface area contributed by atoms with Gasteiger partial charge in [-0.3, -0.25) is 10.1 Å². The Hall–Kier alpha value is -2.20. The van der Waals surface area contributed by atoms with Gasteiger partial charge >= 0.3 is 5.69 Å². The molecule has 0 amide bonds. The lowest BCUT2D eigenvalue weighted by atomic mass is 10.3. The standard InChI is InChI=1S/C10H12N4O3/c11-7-8-9(14(16)17)3-4-10(13-8)12-5-1-2-6-15/h3-4,15H,1-2,5-6H2,(H,12,13). The van der Waals surface area contributed by atoms with Gasteiger partial charge in [0.25, 0.3) is 0 Å². The zero-order valence-corrected chi connectivity index (χ0v) is 9.09. The SMILES string of the molecule is N#Cc1nc(NCCCCO)ccc1[N+](=O)[O-]. The molecule has 1 heterocycles. The van der Waals surface area contributed by atoms with Gasteiger partial charge < -0.3 is 10.4 Å². The smallest absolute Gasteiger partial charge is 0.305 e. The first-order valence-electron chi connectivity index (χ1n) is 5.09. The van der Waals surface area contributed by atoms with Crippen LogP contribution in [0.25, 0.3) is 0 Å². The third-order valence-corrected chi connectivity index (χ3v) is 2.07. The Morgan fingerprint density at radius 3 is 2.88 bits per heavy atom. The van der Waals surface area contributed by atoms with E-state index in [0.29, 0.717) is 18.8 Å². The summed E-state index contributed by atoms with van der Waals surface area (Å²) in [4.78, 5) is 13.8. The van der Waals surface area contributed by atoms with Crippen molar-refractivity contribution < 1.29 is 10.0 Å². The van der Waals surface area contributed by atoms with Gasteiger partial charge in [0.2, 0.25) is 5.69 Å². The van der Waals surface area contributed by atoms with Gasteiger partial charge in [-0.15, -0.1) is 0 Å². The Morgan fingerprint density at radius 2 is 2.29 bits per heavy atom. The van der Waals surface area contributed by atoms with Crippen LogP contribution in [0.1, 0.15) is 18.5 Å². The van der Waals surface area contributed by atoms with Crippen molar-refractivity contribution in [3.63, 3.8) is 0 Å². The zero-order valence-electron chi connectivity index (χ0n) is 9.09. The summed E-state index contributed by atoms with van der Waals surface area (Å²) in [5.41, 5.74) is -0.504. The molecule has 0 saturated heterocycles. The topological polar surface area (TPSA) is 112 Å². The third kappa shape index (κ3) is 3.70. The minimum Gasteiger partial charge on any atom is -0.396 e. The van der Waals surface area contributed by atoms with Crippen molar-refractivity contribution in [3.8, 4) is 6.07 Å². The molecule has 1 aromatic rings. The molecule has 1 rings (SSSR count). The number of hydrogen-bond donors (Lipinski definition) is 2. The highest BCUT2D eigenvalue weighted by molar-refractivity contribution is 5.50. The van der Waals surface area contributed by atoms with Crippen molar-refractivity contribution in [1.82, 2.24) is 4.98 Å². The Morgan fingerprint density at radius 1 is 1.53 bits per heavy atom. The first-order valence-corrected chi connectivity index (χ1v) is 5.09. The number of nitrogens with zero attached hydrogens (tertiary/aromatic N) is 3. The zero-order chi connectivity index (χ0) is 12.7. The van der Waals surface area contributed by atoms with Crippen LogP contribution in [0.4, 0.5) is 11.5 Å². The minimum absolute atomic E-state index is 0.124. The molecule has 0 atom stereocenters. The summed E-state index contributed by atoms with van der Waals surface area (Å²) in [6, 6.07) is 4.39. The maximum atomic E-state index is 10.6. The number of pyridine rings is 1. The summed E-state index contributed by atoms with van der Waals surface area (Å²) in [5.74, 6) is 0.421. The normalized spacial score (nSPS) is 9.65. The van der Waals surface area contributed by atoms with Crippen molar-refractivity contribution in [2.24, 2.45) is 0 Å². The number of hydrogen-bond acceptors (Lipinski definition) is 6. The average Bonchev–Trinajstić information content (AvgIpc) is 2.34. The summed E-state index contributed by atoms with van der Waals surface area (Å²) in [5, 5.41) is 30.8. The number of unbranched alkanes of at least 4 members (excludes halogenated alkanes) is 1. The van der Waals surface area contributed by atoms with Gasteiger partial charge in [-0.05, 0) is 18.9 Å². The molecule has 0 spiro atoms. The van der Waals surface area contributed by atoms with Crippen LogP contribution in [0.2, 0.25) is 0 Å². The van der Waals surface area contributed by atoms with Gasteiger partial charge in [0, 0.05) is 19.2 Å². The van der Waals surface area contributed by atoms with E-state index in [-0.39, 0.29) is 18.0 Å². The summed E-state index contributed by atoms with van der Waals surface area (Å²) >= 11 is 0. The van der Waals surface area contributed by atoms with E-state index in [1.165, 1.54) is 12.1 Å². The number of nitriles is 1. The average molecular weight is 236 g/mol. The van der Waals surface area contributed by atoms with E-state index < -0.39 is 4.92 Å². The van der Waals surface area contributed by atoms with Crippen molar-refractivity contribution in [2.75, 3.05) is 18.5 Å². The van der Waals surface area contributed by atoms with Crippen molar-refractivity contribution in [2.45, 2.75) is 12.8 Å². The van der Waals surface area contributed by atoms with Crippen molar-refractivity contribution in [1.29, 1.82) is 5.26 Å². The number of nitro groups is 1. The molecule has 0 aromatic carbocycles. The van der Waals surface area contributed by atoms with Crippen LogP contribution < -0.4 is 5.32 Å². The van der Waals surface area contributed by atoms with Crippen LogP contribution >= 0.6 is 0 Å². The van der Waals surface area contributed by atoms with Gasteiger partial charge in [-0.25, -0.2) is 4.98 Å². The van der Waals surface area contributed by atoms with Crippen LogP contribution in [-0.2, 0) is 0 Å². The lowest BCUT2D eigenvalue weighted by molar-refractivity contribution is -0.385. The van der Waals surface area contributed by atoms with E-state index in [2.05, 4.69) is 10.3 Å². The molecule has 0 unspecified atom stereocenters. The van der Waals surface area contributed by atoms with Crippen LogP contribution in [0.15, 0.2) is 12.1 Å². The van der Waals surface area contributed by atoms with Gasteiger partial charge in [-0.1, -0.05) is 0 Å². The quantitative estimate of drug-likeness (QED) is 0.433. The Balaban J connectivity index is 2.70. The molecule has 2 N–H and O–H groups in total. The summed E-state index contributed by atoms with van der Waals surface area (Å²) in [7, 11) is 0. The number of aliphatic hydroxyl groups is 1. The minimum atomic E-state index is -0.638. The molecule has 90 valence electrons. The first-order chi connectivity index (χ1) is 8.19. The highest BCUT2D eigenvalue weighted by Crippen LogP contribution is 2.17. The molecule has 1 aromatic heterocycles. The van der Waals surface area contributed by atoms with E-state index in [1.54, 1.807) is 6.07 Å². The number of aromatic nitrogens is 1. The monoisotopic (exact) mass is 236 g/mol. The fourth-order valence-corrected chi connectivity index (χ4v) is 1.23. The van der Waals surface area contributed by atoms with Crippen molar-refractivity contribution in [3.05, 3.63) is 27.9 Å². The van der Waals surface area contributed by atoms with Crippen LogP contribution in [0, 0.1) is 21.4 Å². The third-order valence-electron chi connectivity index (χ3n) is 2.07. The summed E-state index contributed by atoms with van der Waals surface area (Å²) in [6.45, 7) is 0.717. The van der Waals surface area contributed by atoms with Gasteiger partial charge in [-0.2, -0.15) is 5.26 Å². The molecule has 7 heteroatoms. The molecule has 0 saturated carbocycles. The molecule has 0 bridgehead atoms. The highest BCUT2D eigenvalue weighted by atomic mass is 16.6. The Labute approximate surface area is 97.9 Å². The number of rotatable bonds is 6. The molecule has 7 nitrogen and oxygen atoms in total. The Bertz CT molecular complexity index is 442. The second-order valence-corrected chi connectivity index (χ2v) is 3.29. The maximum Gasteiger partial charge on any atom is 0.305 e. The summed E-state index contributed by atoms with van der Waals surface area (Å²) < 4.78 is 0. The van der Waals surface area contributed by atoms with Crippen LogP contribution in [0.5, 0.6) is 0 Å². The molecule has 0 aliphatic heterocycles. The second kappa shape index (κ2) is 6.40. The predicted molar refractivity (Wildman–Crippen MR) is 60.4 cm³/mol. The van der Waals surface area contributed by atoms with Crippen molar-refractivity contribution >= 4 is 11.5 Å². The molecule has 0 aliphatic rings. The molecule has 17 heavy (non-hydrogen) atoms. The number of anilines is 1. The molecule has 0 aliphatic carbocycles. The predicted octanol–water partition coefficient (Wildman–Crippen LogP) is 1.05. The van der Waals surface area contributed by atoms with Crippen LogP contribution in [0.3, 0.4) is 0 Å². The Kier molecular flexibility index (Phi) is 4.84. The molecular formula is C10H12N4O3. The van der Waals surface area contributed by atoms with Gasteiger partial charge in [0.1, 0.15) is 11.9 Å². The van der Waals surface area contributed by atoms with Crippen LogP contribution in [-0.4, -0.2) is 28.2 Å². The first kappa shape index (κ1) is 12.9. The van der Waals surface area contributed by atoms with Gasteiger partial charge in [0.05, 0.1) is 4.92 Å². The highest BCUT2D eigenvalue weighted by Gasteiger charge is 2.15. The second-order valence-electron chi connectivity index (χ2n) is 3.29. The molecular weight excluding hydrogens is 224 g/mol. The van der Waals surface area contributed by atoms with E-state index >= 15 is 0 Å². The molecule has 0 radical (unpaired) electrons. The fraction of sp³-hybridized carbons (Fsp3) is 0.400. The molecule has 0 fully saturated rings. The lowest BCUT2D eigenvalue weighted by Crippen LogP contribution is -2.05. The summed E-state index contributed by atoms with van der Waals surface area (Å²) in [6.07, 6.45) is 1.43. The number of nitrogens with one attached hydrogen (secondary N) is 1. The fourth-order valence-electron chi connectivity index (χ4n) is 1.23. The van der Waals surface area contributed by atoms with E-state index in [1.807, 2.05) is 0 Å². The van der Waals surface area contributed by atoms with E-state index in [0.717, 1.165) is 6.42 Å². The largest absolute Gasteiger partial charge is 0.396 e. The number of aliphatic hydroxyl groups excluding tert-OH is 1. The maximum absolute atomic E-state index is 10.6. The lowest BCUT2D eigenvalue weighted by Gasteiger charge is -2.04.